The van der Waals surface area contributed by atoms with Crippen LogP contribution in [0, 0.1) is 5.92 Å². The maximum absolute atomic E-state index is 6.35. The summed E-state index contributed by atoms with van der Waals surface area (Å²) in [6.07, 6.45) is 13.7. The molecule has 0 saturated carbocycles. The lowest BCUT2D eigenvalue weighted by Crippen LogP contribution is -2.37. The molecule has 2 heterocycles. The second-order valence-electron chi connectivity index (χ2n) is 6.95. The van der Waals surface area contributed by atoms with Crippen molar-refractivity contribution in [3.63, 3.8) is 0 Å². The van der Waals surface area contributed by atoms with E-state index in [1.54, 1.807) is 6.20 Å². The van der Waals surface area contributed by atoms with Gasteiger partial charge in [-0.1, -0.05) is 54.6 Å². The smallest absolute Gasteiger partial charge is 0.579 e. The number of fused-ring (bicyclic) bond motifs is 2. The van der Waals surface area contributed by atoms with E-state index in [9.17, 15) is 0 Å². The predicted molar refractivity (Wildman–Crippen MR) is 118 cm³/mol. The number of benzene rings is 2. The Balaban J connectivity index is 1.44. The molecule has 0 amide bonds. The van der Waals surface area contributed by atoms with E-state index < -0.39 is 15.1 Å². The van der Waals surface area contributed by atoms with Crippen molar-refractivity contribution in [2.24, 2.45) is 10.9 Å². The molecule has 0 fully saturated rings. The number of aliphatic imine (C=N–C) groups is 1. The summed E-state index contributed by atoms with van der Waals surface area (Å²) in [4.78, 5) is 9.07. The zero-order valence-corrected chi connectivity index (χ0v) is 17.3. The van der Waals surface area contributed by atoms with Crippen LogP contribution in [0.2, 0.25) is 0 Å². The molecule has 1 aromatic heterocycles. The standard InChI is InChI=1S/C9H9NO.C9H7NO.C6H6O.Al/c2*11-8-5-1-3-7-4-2-6-10-9(7)8;7-6-4-2-1-3-5-6;/h1-7,9,11H;1-6,11H;1-5,7H;/q;;;+3/p-3. The van der Waals surface area contributed by atoms with Crippen molar-refractivity contribution in [1.82, 2.24) is 4.98 Å². The Labute approximate surface area is 180 Å². The molecule has 6 heteroatoms. The third-order valence-electron chi connectivity index (χ3n) is 4.94. The van der Waals surface area contributed by atoms with Gasteiger partial charge < -0.3 is 11.4 Å². The van der Waals surface area contributed by atoms with Crippen LogP contribution in [-0.4, -0.2) is 32.4 Å². The molecule has 1 aliphatic carbocycles. The van der Waals surface area contributed by atoms with Crippen LogP contribution in [0.5, 0.6) is 11.5 Å². The van der Waals surface area contributed by atoms with Crippen molar-refractivity contribution in [1.29, 1.82) is 0 Å². The van der Waals surface area contributed by atoms with E-state index in [0.29, 0.717) is 11.5 Å². The highest BCUT2D eigenvalue weighted by atomic mass is 27.3. The molecule has 2 aromatic carbocycles. The number of pyridine rings is 1. The number of hydrogen-bond acceptors (Lipinski definition) is 5. The first-order chi connectivity index (χ1) is 14.9. The lowest BCUT2D eigenvalue weighted by Gasteiger charge is -2.28. The highest BCUT2D eigenvalue weighted by Gasteiger charge is 2.47. The normalized spacial score (nSPS) is 19.1. The molecule has 2 unspecified atom stereocenters. The summed E-state index contributed by atoms with van der Waals surface area (Å²) < 4.78 is 18.8. The van der Waals surface area contributed by atoms with Gasteiger partial charge in [0.1, 0.15) is 17.3 Å². The zero-order valence-electron chi connectivity index (χ0n) is 16.2. The molecule has 0 N–H and O–H groups in total. The maximum atomic E-state index is 6.35. The van der Waals surface area contributed by atoms with Crippen molar-refractivity contribution >= 4 is 32.3 Å². The first-order valence-electron chi connectivity index (χ1n) is 9.84. The van der Waals surface area contributed by atoms with Crippen molar-refractivity contribution in [3.8, 4) is 11.5 Å². The minimum atomic E-state index is -2.67. The molecule has 3 aromatic rings. The van der Waals surface area contributed by atoms with Gasteiger partial charge in [0.15, 0.2) is 0 Å². The minimum absolute atomic E-state index is 0.0939. The van der Waals surface area contributed by atoms with Crippen LogP contribution < -0.4 is 7.58 Å². The van der Waals surface area contributed by atoms with Gasteiger partial charge in [0.25, 0.3) is 0 Å². The molecule has 0 spiro atoms. The van der Waals surface area contributed by atoms with Gasteiger partial charge in [0.05, 0.1) is 11.5 Å². The Bertz CT molecular complexity index is 1150. The quantitative estimate of drug-likeness (QED) is 0.549. The van der Waals surface area contributed by atoms with E-state index >= 15 is 0 Å². The van der Waals surface area contributed by atoms with E-state index in [-0.39, 0.29) is 12.0 Å². The fraction of sp³-hybridized carbons (Fsp3) is 0.0833. The summed E-state index contributed by atoms with van der Waals surface area (Å²) in [6, 6.07) is 19.3. The number of rotatable bonds is 6. The molecular weight excluding hydrogens is 391 g/mol. The van der Waals surface area contributed by atoms with Gasteiger partial charge in [-0.3, -0.25) is 9.98 Å². The monoisotopic (exact) mass is 410 g/mol. The van der Waals surface area contributed by atoms with Crippen LogP contribution in [-0.2, 0) is 3.79 Å². The Morgan fingerprint density at radius 1 is 0.800 bits per heavy atom. The highest BCUT2D eigenvalue weighted by Crippen LogP contribution is 2.29. The summed E-state index contributed by atoms with van der Waals surface area (Å²) in [6.45, 7) is 0. The SMILES string of the molecule is C1=CC2C=CC=C([O][Al]([O]c3ccccc3)[O]c3cccc4cccnc34)C2N=C1. The molecule has 2 aliphatic rings. The van der Waals surface area contributed by atoms with Gasteiger partial charge in [0.2, 0.25) is 0 Å². The minimum Gasteiger partial charge on any atom is -0.579 e. The molecule has 2 atom stereocenters. The topological polar surface area (TPSA) is 52.9 Å². The van der Waals surface area contributed by atoms with E-state index in [1.165, 1.54) is 0 Å². The average Bonchev–Trinajstić information content (AvgIpc) is 2.80. The molecule has 5 nitrogen and oxygen atoms in total. The van der Waals surface area contributed by atoms with Crippen molar-refractivity contribution in [3.05, 3.63) is 103 Å². The van der Waals surface area contributed by atoms with Crippen LogP contribution in [0.25, 0.3) is 10.9 Å². The molecule has 0 saturated heterocycles. The molecule has 5 rings (SSSR count). The van der Waals surface area contributed by atoms with Crippen molar-refractivity contribution in [2.75, 3.05) is 0 Å². The Morgan fingerprint density at radius 3 is 2.60 bits per heavy atom. The molecule has 0 radical (unpaired) electrons. The molecule has 30 heavy (non-hydrogen) atoms. The fourth-order valence-corrected chi connectivity index (χ4v) is 4.87. The summed E-state index contributed by atoms with van der Waals surface area (Å²) in [7, 11) is 0. The van der Waals surface area contributed by atoms with Crippen molar-refractivity contribution < 1.29 is 11.4 Å². The number of allylic oxidation sites excluding steroid dienone is 3. The van der Waals surface area contributed by atoms with E-state index in [1.807, 2.05) is 85.1 Å². The first-order valence-corrected chi connectivity index (χ1v) is 11.3. The molecule has 1 aliphatic heterocycles. The van der Waals surface area contributed by atoms with Crippen LogP contribution in [0.1, 0.15) is 0 Å². The predicted octanol–water partition coefficient (Wildman–Crippen LogP) is 4.77. The maximum Gasteiger partial charge on any atom is 1.20 e. The average molecular weight is 410 g/mol. The van der Waals surface area contributed by atoms with E-state index in [2.05, 4.69) is 22.1 Å². The molecule has 0 bridgehead atoms. The van der Waals surface area contributed by atoms with Gasteiger partial charge >= 0.3 is 15.1 Å². The van der Waals surface area contributed by atoms with Crippen molar-refractivity contribution in [2.45, 2.75) is 6.04 Å². The van der Waals surface area contributed by atoms with Crippen LogP contribution in [0.15, 0.2) is 108 Å². The van der Waals surface area contributed by atoms with Gasteiger partial charge in [-0.05, 0) is 36.4 Å². The summed E-state index contributed by atoms with van der Waals surface area (Å²) in [5.74, 6) is 2.29. The molecular formula is C24H19AlN2O3. The number of nitrogens with zero attached hydrogens (tertiary/aromatic N) is 2. The van der Waals surface area contributed by atoms with Gasteiger partial charge in [-0.2, -0.15) is 0 Å². The van der Waals surface area contributed by atoms with Gasteiger partial charge in [0, 0.05) is 23.7 Å². The lowest BCUT2D eigenvalue weighted by molar-refractivity contribution is 0.237. The zero-order chi connectivity index (χ0) is 20.2. The van der Waals surface area contributed by atoms with Gasteiger partial charge in [-0.15, -0.1) is 0 Å². The fourth-order valence-electron chi connectivity index (χ4n) is 3.51. The summed E-state index contributed by atoms with van der Waals surface area (Å²) >= 11 is -2.67. The first kappa shape index (κ1) is 18.7. The Morgan fingerprint density at radius 2 is 1.67 bits per heavy atom. The Hall–Kier alpha value is -3.33. The van der Waals surface area contributed by atoms with Crippen LogP contribution in [0.4, 0.5) is 0 Å². The van der Waals surface area contributed by atoms with E-state index in [0.717, 1.165) is 16.7 Å². The number of dihydropyridines is 1. The Kier molecular flexibility index (Phi) is 5.35. The third kappa shape index (κ3) is 4.02. The molecule has 146 valence electrons. The third-order valence-corrected chi connectivity index (χ3v) is 6.32. The lowest BCUT2D eigenvalue weighted by atomic mass is 9.92. The van der Waals surface area contributed by atoms with Crippen LogP contribution >= 0.6 is 0 Å². The second-order valence-corrected chi connectivity index (χ2v) is 8.23. The van der Waals surface area contributed by atoms with Crippen LogP contribution in [0.3, 0.4) is 0 Å². The summed E-state index contributed by atoms with van der Waals surface area (Å²) in [5.41, 5.74) is 0.784. The number of para-hydroxylation sites is 2. The summed E-state index contributed by atoms with van der Waals surface area (Å²) in [5, 5.41) is 1.00. The second kappa shape index (κ2) is 8.58. The number of hydrogen-bond donors (Lipinski definition) is 0. The number of aromatic nitrogens is 1. The van der Waals surface area contributed by atoms with Gasteiger partial charge in [-0.25, -0.2) is 0 Å². The largest absolute Gasteiger partial charge is 1.20 e. The van der Waals surface area contributed by atoms with E-state index in [4.69, 9.17) is 11.4 Å². The highest BCUT2D eigenvalue weighted by molar-refractivity contribution is 6.39.